The molecule has 3 aliphatic rings. The number of amides is 2. The highest BCUT2D eigenvalue weighted by molar-refractivity contribution is 5.90. The molecule has 0 unspecified atom stereocenters. The van der Waals surface area contributed by atoms with E-state index in [0.29, 0.717) is 31.5 Å². The number of fused-ring (bicyclic) bond motifs is 2. The van der Waals surface area contributed by atoms with Gasteiger partial charge in [-0.1, -0.05) is 71.4 Å². The number of piperidine rings is 1. The van der Waals surface area contributed by atoms with Gasteiger partial charge in [-0.25, -0.2) is 0 Å². The predicted octanol–water partition coefficient (Wildman–Crippen LogP) is 5.74. The highest BCUT2D eigenvalue weighted by Crippen LogP contribution is 2.37. The number of rotatable bonds is 22. The summed E-state index contributed by atoms with van der Waals surface area (Å²) >= 11 is 0. The van der Waals surface area contributed by atoms with Gasteiger partial charge in [-0.3, -0.25) is 19.2 Å². The fourth-order valence-corrected chi connectivity index (χ4v) is 9.61. The van der Waals surface area contributed by atoms with E-state index in [-0.39, 0.29) is 72.1 Å². The number of likely N-dealkylation sites (N-methyl/N-ethyl adjacent to an activating group) is 1. The molecule has 2 amide bonds. The molecule has 1 N–H and O–H groups in total. The summed E-state index contributed by atoms with van der Waals surface area (Å²) in [7, 11) is 6.72. The van der Waals surface area contributed by atoms with Crippen molar-refractivity contribution in [3.63, 3.8) is 0 Å². The number of ketones is 2. The van der Waals surface area contributed by atoms with Crippen LogP contribution in [0, 0.1) is 35.5 Å². The number of carbonyl (C=O) groups excluding carboxylic acids is 4. The summed E-state index contributed by atoms with van der Waals surface area (Å²) in [5.74, 6) is -0.288. The number of carbonyl (C=O) groups is 4. The second-order valence-electron chi connectivity index (χ2n) is 16.7. The van der Waals surface area contributed by atoms with Crippen molar-refractivity contribution in [2.45, 2.75) is 135 Å². The normalized spacial score (nSPS) is 25.1. The van der Waals surface area contributed by atoms with Crippen LogP contribution in [0.3, 0.4) is 0 Å². The number of benzene rings is 1. The molecule has 11 atom stereocenters. The fraction of sp³-hybridized carbons (Fsp3) is 0.767. The lowest BCUT2D eigenvalue weighted by molar-refractivity contribution is -0.149. The molecular weight excluding hydrogens is 670 g/mol. The first-order valence-electron chi connectivity index (χ1n) is 20.3. The van der Waals surface area contributed by atoms with Crippen LogP contribution in [0.1, 0.15) is 98.0 Å². The number of methoxy groups -OCH3 is 3. The average molecular weight is 740 g/mol. The Morgan fingerprint density at radius 3 is 2.23 bits per heavy atom. The van der Waals surface area contributed by atoms with Gasteiger partial charge in [-0.2, -0.15) is 0 Å². The van der Waals surface area contributed by atoms with Crippen molar-refractivity contribution in [3.8, 4) is 0 Å². The van der Waals surface area contributed by atoms with Crippen molar-refractivity contribution in [2.24, 2.45) is 35.5 Å². The van der Waals surface area contributed by atoms with E-state index in [9.17, 15) is 19.2 Å². The monoisotopic (exact) mass is 740 g/mol. The van der Waals surface area contributed by atoms with Crippen LogP contribution in [0.5, 0.6) is 0 Å². The van der Waals surface area contributed by atoms with E-state index in [1.807, 2.05) is 50.9 Å². The summed E-state index contributed by atoms with van der Waals surface area (Å²) in [6.07, 6.45) is 6.08. The van der Waals surface area contributed by atoms with Gasteiger partial charge in [0.1, 0.15) is 5.78 Å². The highest BCUT2D eigenvalue weighted by atomic mass is 16.5. The molecular formula is C43H69N3O7. The van der Waals surface area contributed by atoms with E-state index >= 15 is 0 Å². The lowest BCUT2D eigenvalue weighted by Crippen LogP contribution is -2.54. The SMILES string of the molecule is CC[C@H](C)[C@@H]([C@@H](CC(=O)N1CCC[C@H]1[C@H](OC)[C@@H](C)C(=O)C[C@H](COC)Cc1ccccc1)OC)N(C)C(=O)[C@@H](CC(=O)[C@H]1N[C@@H]2CC[C@H]1C2)C(C)C. The molecule has 3 fully saturated rings. The molecule has 10 nitrogen and oxygen atoms in total. The molecule has 10 heteroatoms. The molecule has 4 rings (SSSR count). The summed E-state index contributed by atoms with van der Waals surface area (Å²) < 4.78 is 17.6. The number of ether oxygens (including phenoxy) is 3. The van der Waals surface area contributed by atoms with Crippen LogP contribution in [0.15, 0.2) is 30.3 Å². The molecule has 0 aromatic heterocycles. The minimum atomic E-state index is -0.545. The molecule has 2 saturated heterocycles. The van der Waals surface area contributed by atoms with Gasteiger partial charge in [0.05, 0.1) is 36.8 Å². The zero-order valence-corrected chi connectivity index (χ0v) is 34.1. The first-order chi connectivity index (χ1) is 25.3. The maximum absolute atomic E-state index is 14.3. The van der Waals surface area contributed by atoms with Gasteiger partial charge in [0.25, 0.3) is 0 Å². The van der Waals surface area contributed by atoms with Crippen LogP contribution < -0.4 is 5.32 Å². The minimum absolute atomic E-state index is 0.0168. The Balaban J connectivity index is 1.44. The van der Waals surface area contributed by atoms with Crippen LogP contribution in [-0.4, -0.2) is 111 Å². The smallest absolute Gasteiger partial charge is 0.226 e. The van der Waals surface area contributed by atoms with E-state index < -0.39 is 24.0 Å². The number of likely N-dealkylation sites (tertiary alicyclic amines) is 1. The Morgan fingerprint density at radius 1 is 0.943 bits per heavy atom. The Hall–Kier alpha value is -2.66. The summed E-state index contributed by atoms with van der Waals surface area (Å²) in [6.45, 7) is 11.2. The number of nitrogens with one attached hydrogen (secondary N) is 1. The molecule has 2 heterocycles. The summed E-state index contributed by atoms with van der Waals surface area (Å²) in [4.78, 5) is 59.5. The summed E-state index contributed by atoms with van der Waals surface area (Å²) in [5, 5.41) is 3.51. The first kappa shape index (κ1) is 43.1. The molecule has 53 heavy (non-hydrogen) atoms. The maximum Gasteiger partial charge on any atom is 0.226 e. The quantitative estimate of drug-likeness (QED) is 0.160. The zero-order chi connectivity index (χ0) is 38.8. The van der Waals surface area contributed by atoms with Crippen molar-refractivity contribution in [1.82, 2.24) is 15.1 Å². The third kappa shape index (κ3) is 10.8. The van der Waals surface area contributed by atoms with Gasteiger partial charge < -0.3 is 29.3 Å². The van der Waals surface area contributed by atoms with Crippen molar-refractivity contribution >= 4 is 23.4 Å². The molecule has 1 aromatic carbocycles. The molecule has 1 aromatic rings. The number of nitrogens with zero attached hydrogens (tertiary/aromatic N) is 2. The van der Waals surface area contributed by atoms with Crippen molar-refractivity contribution in [3.05, 3.63) is 35.9 Å². The third-order valence-electron chi connectivity index (χ3n) is 12.9. The molecule has 2 bridgehead atoms. The minimum Gasteiger partial charge on any atom is -0.384 e. The van der Waals surface area contributed by atoms with Crippen LogP contribution in [-0.2, 0) is 39.8 Å². The van der Waals surface area contributed by atoms with Crippen LogP contribution in [0.2, 0.25) is 0 Å². The van der Waals surface area contributed by atoms with Gasteiger partial charge in [-0.15, -0.1) is 0 Å². The van der Waals surface area contributed by atoms with Crippen LogP contribution in [0.4, 0.5) is 0 Å². The molecule has 1 aliphatic carbocycles. The second kappa shape index (κ2) is 20.3. The molecule has 0 spiro atoms. The van der Waals surface area contributed by atoms with Crippen LogP contribution >= 0.6 is 0 Å². The fourth-order valence-electron chi connectivity index (χ4n) is 9.61. The lowest BCUT2D eigenvalue weighted by Gasteiger charge is -2.41. The van der Waals surface area contributed by atoms with E-state index in [1.165, 1.54) is 5.56 Å². The van der Waals surface area contributed by atoms with Gasteiger partial charge in [-0.05, 0) is 67.8 Å². The molecule has 298 valence electrons. The summed E-state index contributed by atoms with van der Waals surface area (Å²) in [6, 6.07) is 9.83. The second-order valence-corrected chi connectivity index (χ2v) is 16.7. The maximum atomic E-state index is 14.3. The lowest BCUT2D eigenvalue weighted by atomic mass is 9.83. The molecule has 0 radical (unpaired) electrons. The Labute approximate surface area is 319 Å². The van der Waals surface area contributed by atoms with Crippen molar-refractivity contribution < 1.29 is 33.4 Å². The van der Waals surface area contributed by atoms with Gasteiger partial charge >= 0.3 is 0 Å². The Kier molecular flexibility index (Phi) is 16.5. The first-order valence-corrected chi connectivity index (χ1v) is 20.3. The average Bonchev–Trinajstić information content (AvgIpc) is 3.92. The van der Waals surface area contributed by atoms with E-state index in [4.69, 9.17) is 14.2 Å². The standard InChI is InChI=1S/C43H69N3O7/c1-10-28(4)41(45(6)43(50)34(27(2)3)24-37(48)40-32-18-19-33(23-32)44-40)38(52-8)25-39(49)46-20-14-17-35(46)42(53-9)29(5)36(47)22-31(26-51-7)21-30-15-12-11-13-16-30/h11-13,15-16,27-29,31-35,38,40-42,44H,10,14,17-26H2,1-9H3/t28-,29-,31+,32-,33+,34-,35-,38+,40-,41-,42+/m0/s1. The van der Waals surface area contributed by atoms with E-state index in [2.05, 4.69) is 31.3 Å². The predicted molar refractivity (Wildman–Crippen MR) is 207 cm³/mol. The Morgan fingerprint density at radius 2 is 1.66 bits per heavy atom. The van der Waals surface area contributed by atoms with Crippen molar-refractivity contribution in [2.75, 3.05) is 41.5 Å². The summed E-state index contributed by atoms with van der Waals surface area (Å²) in [5.41, 5.74) is 1.17. The highest BCUT2D eigenvalue weighted by Gasteiger charge is 2.45. The topological polar surface area (TPSA) is 114 Å². The van der Waals surface area contributed by atoms with Gasteiger partial charge in [0.15, 0.2) is 5.78 Å². The van der Waals surface area contributed by atoms with Gasteiger partial charge in [0.2, 0.25) is 11.8 Å². The largest absolute Gasteiger partial charge is 0.384 e. The number of hydrogen-bond donors (Lipinski definition) is 1. The molecule has 2 aliphatic heterocycles. The van der Waals surface area contributed by atoms with E-state index in [1.54, 1.807) is 26.2 Å². The zero-order valence-electron chi connectivity index (χ0n) is 34.1. The number of Topliss-reactive ketones (excluding diaryl/α,β-unsaturated/α-hetero) is 2. The third-order valence-corrected chi connectivity index (χ3v) is 12.9. The number of hydrogen-bond acceptors (Lipinski definition) is 8. The van der Waals surface area contributed by atoms with Crippen LogP contribution in [0.25, 0.3) is 0 Å². The van der Waals surface area contributed by atoms with E-state index in [0.717, 1.165) is 44.9 Å². The molecule has 1 saturated carbocycles. The Bertz CT molecular complexity index is 1340. The van der Waals surface area contributed by atoms with Crippen molar-refractivity contribution in [1.29, 1.82) is 0 Å². The van der Waals surface area contributed by atoms with Gasteiger partial charge in [0, 0.05) is 72.2 Å².